The van der Waals surface area contributed by atoms with Gasteiger partial charge in [-0.3, -0.25) is 0 Å². The third kappa shape index (κ3) is 1.16. The maximum atomic E-state index is 11.2. The van der Waals surface area contributed by atoms with E-state index in [0.29, 0.717) is 11.3 Å². The molecule has 1 aliphatic carbocycles. The molecule has 2 rings (SSSR count). The van der Waals surface area contributed by atoms with Crippen molar-refractivity contribution in [3.8, 4) is 0 Å². The molecule has 10 heavy (non-hydrogen) atoms. The van der Waals surface area contributed by atoms with E-state index in [1.807, 2.05) is 0 Å². The van der Waals surface area contributed by atoms with E-state index in [2.05, 4.69) is 0 Å². The lowest BCUT2D eigenvalue weighted by Gasteiger charge is -2.03. The average molecular weight is 158 g/mol. The van der Waals surface area contributed by atoms with E-state index in [9.17, 15) is 4.57 Å². The molecule has 2 fully saturated rings. The van der Waals surface area contributed by atoms with E-state index in [1.165, 1.54) is 38.5 Å². The second kappa shape index (κ2) is 2.70. The molecular weight excluding hydrogens is 143 g/mol. The van der Waals surface area contributed by atoms with Gasteiger partial charge in [0, 0.05) is 11.3 Å². The van der Waals surface area contributed by atoms with Gasteiger partial charge >= 0.3 is 0 Å². The normalized spacial score (nSPS) is 47.0. The molecule has 0 radical (unpaired) electrons. The van der Waals surface area contributed by atoms with Gasteiger partial charge in [0.05, 0.1) is 7.80 Å². The Morgan fingerprint density at radius 2 is 1.40 bits per heavy atom. The molecule has 0 aromatic heterocycles. The summed E-state index contributed by atoms with van der Waals surface area (Å²) in [6.07, 6.45) is 8.02. The molecule has 0 amide bonds. The average Bonchev–Trinajstić information content (AvgIpc) is 2.39. The fourth-order valence-corrected chi connectivity index (χ4v) is 4.33. The summed E-state index contributed by atoms with van der Waals surface area (Å²) < 4.78 is 11.2. The fourth-order valence-electron chi connectivity index (χ4n) is 2.12. The van der Waals surface area contributed by atoms with Crippen LogP contribution in [0, 0.1) is 0 Å². The van der Waals surface area contributed by atoms with Gasteiger partial charge in [-0.1, -0.05) is 25.7 Å². The lowest BCUT2D eigenvalue weighted by molar-refractivity contribution is 0.551. The zero-order chi connectivity index (χ0) is 6.97. The van der Waals surface area contributed by atoms with Gasteiger partial charge in [-0.15, -0.1) is 0 Å². The van der Waals surface area contributed by atoms with Gasteiger partial charge in [-0.25, -0.2) is 0 Å². The third-order valence-corrected chi connectivity index (χ3v) is 5.35. The second-order valence-corrected chi connectivity index (χ2v) is 5.89. The van der Waals surface area contributed by atoms with Crippen LogP contribution in [0.25, 0.3) is 0 Å². The molecular formula is C8H15OP. The molecule has 1 saturated heterocycles. The van der Waals surface area contributed by atoms with Crippen LogP contribution in [-0.4, -0.2) is 11.3 Å². The minimum Gasteiger partial charge on any atom is -0.326 e. The highest BCUT2D eigenvalue weighted by Gasteiger charge is 2.45. The molecule has 1 aliphatic heterocycles. The van der Waals surface area contributed by atoms with Gasteiger partial charge in [0.15, 0.2) is 0 Å². The number of hydrogen-bond donors (Lipinski definition) is 0. The highest BCUT2D eigenvalue weighted by molar-refractivity contribution is 7.55. The van der Waals surface area contributed by atoms with Crippen LogP contribution in [0.4, 0.5) is 0 Å². The molecule has 2 aliphatic rings. The minimum absolute atomic E-state index is 0.699. The van der Waals surface area contributed by atoms with E-state index < -0.39 is 7.80 Å². The summed E-state index contributed by atoms with van der Waals surface area (Å²) in [6.45, 7) is 0. The van der Waals surface area contributed by atoms with E-state index in [4.69, 9.17) is 0 Å². The van der Waals surface area contributed by atoms with Gasteiger partial charge in [0.1, 0.15) is 0 Å². The first kappa shape index (κ1) is 6.91. The van der Waals surface area contributed by atoms with Crippen LogP contribution in [-0.2, 0) is 4.57 Å². The van der Waals surface area contributed by atoms with Crippen LogP contribution in [0.5, 0.6) is 0 Å². The van der Waals surface area contributed by atoms with Gasteiger partial charge in [-0.2, -0.15) is 0 Å². The molecule has 2 atom stereocenters. The van der Waals surface area contributed by atoms with Crippen molar-refractivity contribution in [3.05, 3.63) is 0 Å². The Labute approximate surface area is 63.0 Å². The molecule has 1 heterocycles. The molecule has 0 aromatic rings. The van der Waals surface area contributed by atoms with Crippen molar-refractivity contribution >= 4 is 7.80 Å². The number of rotatable bonds is 0. The molecule has 1 saturated carbocycles. The Morgan fingerprint density at radius 1 is 0.900 bits per heavy atom. The highest BCUT2D eigenvalue weighted by atomic mass is 31.1. The summed E-state index contributed by atoms with van der Waals surface area (Å²) in [4.78, 5) is 0. The first-order valence-electron chi connectivity index (χ1n) is 4.43. The summed E-state index contributed by atoms with van der Waals surface area (Å²) in [5, 5.41) is 0. The molecule has 0 N–H and O–H groups in total. The van der Waals surface area contributed by atoms with Gasteiger partial charge in [0.25, 0.3) is 0 Å². The predicted molar refractivity (Wildman–Crippen MR) is 44.3 cm³/mol. The van der Waals surface area contributed by atoms with Crippen molar-refractivity contribution in [3.63, 3.8) is 0 Å². The zero-order valence-electron chi connectivity index (χ0n) is 6.31. The Hall–Kier alpha value is 0.230. The van der Waals surface area contributed by atoms with Gasteiger partial charge in [0.2, 0.25) is 0 Å². The molecule has 58 valence electrons. The fraction of sp³-hybridized carbons (Fsp3) is 1.00. The van der Waals surface area contributed by atoms with Crippen molar-refractivity contribution in [1.29, 1.82) is 0 Å². The van der Waals surface area contributed by atoms with Crippen molar-refractivity contribution in [2.24, 2.45) is 0 Å². The van der Waals surface area contributed by atoms with Crippen LogP contribution in [0.3, 0.4) is 0 Å². The molecule has 0 aromatic carbocycles. The van der Waals surface area contributed by atoms with Crippen molar-refractivity contribution < 1.29 is 4.57 Å². The Morgan fingerprint density at radius 3 is 1.90 bits per heavy atom. The van der Waals surface area contributed by atoms with Crippen LogP contribution in [0.1, 0.15) is 38.5 Å². The lowest BCUT2D eigenvalue weighted by atomic mass is 10.0. The quantitative estimate of drug-likeness (QED) is 0.495. The van der Waals surface area contributed by atoms with Gasteiger partial charge < -0.3 is 4.57 Å². The first-order valence-corrected chi connectivity index (χ1v) is 5.99. The molecule has 0 bridgehead atoms. The standard InChI is InChI=1S/C8H15OP/c9-10-7-5-3-1-2-4-6-8(7)10/h7-8,10H,1-6H2. The van der Waals surface area contributed by atoms with E-state index >= 15 is 0 Å². The predicted octanol–water partition coefficient (Wildman–Crippen LogP) is 2.65. The number of fused-ring (bicyclic) bond motifs is 1. The van der Waals surface area contributed by atoms with Crippen LogP contribution >= 0.6 is 7.80 Å². The van der Waals surface area contributed by atoms with Crippen molar-refractivity contribution in [2.45, 2.75) is 49.8 Å². The van der Waals surface area contributed by atoms with Crippen molar-refractivity contribution in [1.82, 2.24) is 0 Å². The molecule has 0 spiro atoms. The number of hydrogen-bond acceptors (Lipinski definition) is 1. The smallest absolute Gasteiger partial charge is 0.0835 e. The monoisotopic (exact) mass is 158 g/mol. The topological polar surface area (TPSA) is 17.1 Å². The SMILES string of the molecule is O=[PH]1C2CCCCCCC21. The summed E-state index contributed by atoms with van der Waals surface area (Å²) in [5.74, 6) is 0. The minimum atomic E-state index is -1.04. The second-order valence-electron chi connectivity index (χ2n) is 3.61. The van der Waals surface area contributed by atoms with Gasteiger partial charge in [-0.05, 0) is 12.8 Å². The maximum absolute atomic E-state index is 11.2. The zero-order valence-corrected chi connectivity index (χ0v) is 7.31. The summed E-state index contributed by atoms with van der Waals surface area (Å²) in [6, 6.07) is 0. The molecule has 2 unspecified atom stereocenters. The Kier molecular flexibility index (Phi) is 1.86. The van der Waals surface area contributed by atoms with E-state index in [-0.39, 0.29) is 0 Å². The first-order chi connectivity index (χ1) is 4.89. The highest BCUT2D eigenvalue weighted by Crippen LogP contribution is 2.61. The molecule has 1 nitrogen and oxygen atoms in total. The summed E-state index contributed by atoms with van der Waals surface area (Å²) in [7, 11) is -1.04. The molecule has 2 heteroatoms. The van der Waals surface area contributed by atoms with Crippen LogP contribution in [0.2, 0.25) is 0 Å². The summed E-state index contributed by atoms with van der Waals surface area (Å²) in [5.41, 5.74) is 1.40. The van der Waals surface area contributed by atoms with E-state index in [1.54, 1.807) is 0 Å². The van der Waals surface area contributed by atoms with Crippen LogP contribution < -0.4 is 0 Å². The Balaban J connectivity index is 1.92. The van der Waals surface area contributed by atoms with Crippen LogP contribution in [0.15, 0.2) is 0 Å². The third-order valence-electron chi connectivity index (χ3n) is 2.89. The van der Waals surface area contributed by atoms with Crippen molar-refractivity contribution in [2.75, 3.05) is 0 Å². The lowest BCUT2D eigenvalue weighted by Crippen LogP contribution is -1.97. The Bertz CT molecular complexity index is 139. The van der Waals surface area contributed by atoms with E-state index in [0.717, 1.165) is 0 Å². The summed E-state index contributed by atoms with van der Waals surface area (Å²) >= 11 is 0. The maximum Gasteiger partial charge on any atom is 0.0835 e. The largest absolute Gasteiger partial charge is 0.326 e.